The molecule has 0 aromatic heterocycles. The van der Waals surface area contributed by atoms with E-state index >= 15 is 0 Å². The van der Waals surface area contributed by atoms with E-state index in [0.717, 1.165) is 42.1 Å². The summed E-state index contributed by atoms with van der Waals surface area (Å²) in [6, 6.07) is 20.3. The van der Waals surface area contributed by atoms with Crippen LogP contribution < -0.4 is 9.47 Å². The van der Waals surface area contributed by atoms with Crippen LogP contribution in [0.15, 0.2) is 60.7 Å². The van der Waals surface area contributed by atoms with Gasteiger partial charge in [-0.1, -0.05) is 36.4 Å². The largest absolute Gasteiger partial charge is 0.504 e. The smallest absolute Gasteiger partial charge is 0.165 e. The average molecular weight is 375 g/mol. The molecule has 0 saturated carbocycles. The van der Waals surface area contributed by atoms with E-state index in [1.165, 1.54) is 11.1 Å². The first-order valence-corrected chi connectivity index (χ1v) is 9.54. The second-order valence-corrected chi connectivity index (χ2v) is 7.21. The van der Waals surface area contributed by atoms with Gasteiger partial charge in [0.2, 0.25) is 0 Å². The van der Waals surface area contributed by atoms with Gasteiger partial charge in [-0.15, -0.1) is 0 Å². The van der Waals surface area contributed by atoms with Crippen LogP contribution in [0.5, 0.6) is 17.2 Å². The van der Waals surface area contributed by atoms with Crippen molar-refractivity contribution in [2.45, 2.75) is 20.0 Å². The van der Waals surface area contributed by atoms with Gasteiger partial charge in [0.25, 0.3) is 0 Å². The number of methoxy groups -OCH3 is 1. The van der Waals surface area contributed by atoms with Crippen LogP contribution >= 0.6 is 0 Å². The van der Waals surface area contributed by atoms with Crippen LogP contribution in [0.3, 0.4) is 0 Å². The van der Waals surface area contributed by atoms with Crippen LogP contribution in [0.25, 0.3) is 11.1 Å². The molecule has 1 heterocycles. The lowest BCUT2D eigenvalue weighted by Gasteiger charge is -2.20. The average Bonchev–Trinajstić information content (AvgIpc) is 2.91. The molecule has 28 heavy (non-hydrogen) atoms. The van der Waals surface area contributed by atoms with Crippen molar-refractivity contribution >= 4 is 0 Å². The number of fused-ring (bicyclic) bond motifs is 1. The highest BCUT2D eigenvalue weighted by Crippen LogP contribution is 2.38. The zero-order valence-electron chi connectivity index (χ0n) is 16.3. The number of ether oxygens (including phenoxy) is 2. The topological polar surface area (TPSA) is 41.9 Å². The van der Waals surface area contributed by atoms with Gasteiger partial charge >= 0.3 is 0 Å². The first-order valence-electron chi connectivity index (χ1n) is 9.54. The fraction of sp³-hybridized carbons (Fsp3) is 0.250. The van der Waals surface area contributed by atoms with E-state index in [0.29, 0.717) is 12.4 Å². The quantitative estimate of drug-likeness (QED) is 0.713. The number of aryl methyl sites for hydroxylation is 1. The summed E-state index contributed by atoms with van der Waals surface area (Å²) in [6.07, 6.45) is 0. The van der Waals surface area contributed by atoms with Gasteiger partial charge in [-0.2, -0.15) is 0 Å². The van der Waals surface area contributed by atoms with Crippen LogP contribution in [-0.2, 0) is 13.1 Å². The molecule has 3 aromatic rings. The Labute approximate surface area is 166 Å². The maximum Gasteiger partial charge on any atom is 0.165 e. The summed E-state index contributed by atoms with van der Waals surface area (Å²) >= 11 is 0. The van der Waals surface area contributed by atoms with E-state index in [1.54, 1.807) is 13.2 Å². The molecule has 0 amide bonds. The van der Waals surface area contributed by atoms with Gasteiger partial charge in [-0.05, 0) is 53.4 Å². The van der Waals surface area contributed by atoms with Crippen LogP contribution in [-0.4, -0.2) is 30.3 Å². The lowest BCUT2D eigenvalue weighted by atomic mass is 9.97. The third-order valence-electron chi connectivity index (χ3n) is 5.22. The minimum absolute atomic E-state index is 0.210. The molecule has 0 bridgehead atoms. The zero-order valence-corrected chi connectivity index (χ0v) is 16.3. The summed E-state index contributed by atoms with van der Waals surface area (Å²) in [5, 5.41) is 10.6. The second-order valence-electron chi connectivity index (χ2n) is 7.21. The molecule has 4 nitrogen and oxygen atoms in total. The molecule has 1 aliphatic rings. The molecule has 3 aromatic carbocycles. The zero-order chi connectivity index (χ0) is 19.5. The van der Waals surface area contributed by atoms with Crippen molar-refractivity contribution in [3.63, 3.8) is 0 Å². The van der Waals surface area contributed by atoms with Gasteiger partial charge in [-0.3, -0.25) is 4.90 Å². The van der Waals surface area contributed by atoms with Gasteiger partial charge < -0.3 is 14.6 Å². The van der Waals surface area contributed by atoms with E-state index in [9.17, 15) is 5.11 Å². The molecule has 0 radical (unpaired) electrons. The van der Waals surface area contributed by atoms with Gasteiger partial charge in [0.15, 0.2) is 11.5 Å². The van der Waals surface area contributed by atoms with Crippen molar-refractivity contribution in [1.29, 1.82) is 0 Å². The monoisotopic (exact) mass is 375 g/mol. The Morgan fingerprint density at radius 2 is 1.86 bits per heavy atom. The fourth-order valence-corrected chi connectivity index (χ4v) is 3.73. The van der Waals surface area contributed by atoms with Crippen molar-refractivity contribution < 1.29 is 14.6 Å². The molecule has 0 spiro atoms. The van der Waals surface area contributed by atoms with Crippen molar-refractivity contribution in [1.82, 2.24) is 4.90 Å². The summed E-state index contributed by atoms with van der Waals surface area (Å²) < 4.78 is 11.1. The number of benzene rings is 3. The first kappa shape index (κ1) is 18.4. The number of hydrogen-bond acceptors (Lipinski definition) is 4. The Bertz CT molecular complexity index is 966. The molecule has 0 saturated heterocycles. The minimum Gasteiger partial charge on any atom is -0.504 e. The van der Waals surface area contributed by atoms with E-state index in [4.69, 9.17) is 9.47 Å². The lowest BCUT2D eigenvalue weighted by molar-refractivity contribution is 0.217. The molecule has 0 fully saturated rings. The Hall–Kier alpha value is -2.98. The maximum absolute atomic E-state index is 10.6. The van der Waals surface area contributed by atoms with Crippen LogP contribution in [0.4, 0.5) is 0 Å². The molecular formula is C24H25NO3. The van der Waals surface area contributed by atoms with Gasteiger partial charge in [-0.25, -0.2) is 0 Å². The maximum atomic E-state index is 10.6. The molecule has 0 unspecified atom stereocenters. The summed E-state index contributed by atoms with van der Waals surface area (Å²) in [7, 11) is 1.68. The summed E-state index contributed by atoms with van der Waals surface area (Å²) in [5.74, 6) is 1.68. The molecule has 4 heteroatoms. The van der Waals surface area contributed by atoms with Crippen LogP contribution in [0, 0.1) is 6.92 Å². The third-order valence-corrected chi connectivity index (χ3v) is 5.22. The number of phenols is 1. The van der Waals surface area contributed by atoms with Crippen molar-refractivity contribution in [2.75, 3.05) is 20.3 Å². The highest BCUT2D eigenvalue weighted by molar-refractivity contribution is 5.71. The standard InChI is InChI=1S/C24H25NO3/c1-17-5-3-4-6-22(17)19-13-20-16-25(11-12-28-24(20)23(26)14-19)15-18-7-9-21(27-2)10-8-18/h3-10,13-14,26H,11-12,15-16H2,1-2H3. The number of phenolic OH excluding ortho intramolecular Hbond substituents is 1. The highest BCUT2D eigenvalue weighted by Gasteiger charge is 2.20. The Morgan fingerprint density at radius 1 is 1.07 bits per heavy atom. The number of hydrogen-bond donors (Lipinski definition) is 1. The highest BCUT2D eigenvalue weighted by atomic mass is 16.5. The Kier molecular flexibility index (Phi) is 5.22. The van der Waals surface area contributed by atoms with Crippen LogP contribution in [0.1, 0.15) is 16.7 Å². The predicted octanol–water partition coefficient (Wildman–Crippen LogP) is 4.77. The molecule has 1 aliphatic heterocycles. The van der Waals surface area contributed by atoms with Crippen molar-refractivity contribution in [3.05, 3.63) is 77.4 Å². The Balaban J connectivity index is 1.61. The molecular weight excluding hydrogens is 350 g/mol. The number of nitrogens with zero attached hydrogens (tertiary/aromatic N) is 1. The first-order chi connectivity index (χ1) is 13.6. The minimum atomic E-state index is 0.210. The van der Waals surface area contributed by atoms with E-state index in [1.807, 2.05) is 24.3 Å². The molecule has 4 rings (SSSR count). The van der Waals surface area contributed by atoms with Gasteiger partial charge in [0.05, 0.1) is 7.11 Å². The second kappa shape index (κ2) is 7.95. The summed E-state index contributed by atoms with van der Waals surface area (Å²) in [6.45, 7) is 5.00. The predicted molar refractivity (Wildman–Crippen MR) is 111 cm³/mol. The Morgan fingerprint density at radius 3 is 2.61 bits per heavy atom. The third kappa shape index (κ3) is 3.82. The lowest BCUT2D eigenvalue weighted by Crippen LogP contribution is -2.25. The number of aromatic hydroxyl groups is 1. The normalized spacial score (nSPS) is 14.1. The SMILES string of the molecule is COc1ccc(CN2CCOc3c(O)cc(-c4ccccc4C)cc3C2)cc1. The molecule has 0 aliphatic carbocycles. The van der Waals surface area contributed by atoms with E-state index in [2.05, 4.69) is 42.2 Å². The summed E-state index contributed by atoms with van der Waals surface area (Å²) in [5.41, 5.74) is 5.58. The van der Waals surface area contributed by atoms with Gasteiger partial charge in [0, 0.05) is 25.2 Å². The van der Waals surface area contributed by atoms with Gasteiger partial charge in [0.1, 0.15) is 12.4 Å². The van der Waals surface area contributed by atoms with Crippen LogP contribution in [0.2, 0.25) is 0 Å². The van der Waals surface area contributed by atoms with E-state index < -0.39 is 0 Å². The van der Waals surface area contributed by atoms with Crippen molar-refractivity contribution in [3.8, 4) is 28.4 Å². The molecule has 144 valence electrons. The summed E-state index contributed by atoms with van der Waals surface area (Å²) in [4.78, 5) is 2.34. The van der Waals surface area contributed by atoms with Crippen molar-refractivity contribution in [2.24, 2.45) is 0 Å². The molecule has 1 N–H and O–H groups in total. The van der Waals surface area contributed by atoms with E-state index in [-0.39, 0.29) is 5.75 Å². The number of rotatable bonds is 4. The molecule has 0 atom stereocenters. The fourth-order valence-electron chi connectivity index (χ4n) is 3.73.